The minimum absolute atomic E-state index is 0.0299. The predicted molar refractivity (Wildman–Crippen MR) is 123 cm³/mol. The number of thioether (sulfide) groups is 1. The zero-order chi connectivity index (χ0) is 20.8. The van der Waals surface area contributed by atoms with Gasteiger partial charge in [0.15, 0.2) is 15.0 Å². The molecule has 2 atom stereocenters. The predicted octanol–water partition coefficient (Wildman–Crippen LogP) is 4.26. The van der Waals surface area contributed by atoms with Gasteiger partial charge in [-0.05, 0) is 30.7 Å². The Hall–Kier alpha value is -1.35. The smallest absolute Gasteiger partial charge is 0.252 e. The van der Waals surface area contributed by atoms with Gasteiger partial charge < -0.3 is 4.90 Å². The number of amidine groups is 1. The highest BCUT2D eigenvalue weighted by Gasteiger charge is 2.49. The van der Waals surface area contributed by atoms with Crippen molar-refractivity contribution in [2.75, 3.05) is 16.4 Å². The summed E-state index contributed by atoms with van der Waals surface area (Å²) in [5.41, 5.74) is 2.65. The molecule has 2 aromatic carbocycles. The number of fused-ring (bicyclic) bond motifs is 1. The summed E-state index contributed by atoms with van der Waals surface area (Å²) in [6, 6.07) is 12.9. The first kappa shape index (κ1) is 20.9. The fourth-order valence-corrected chi connectivity index (χ4v) is 8.35. The second-order valence-electron chi connectivity index (χ2n) is 7.22. The number of rotatable bonds is 3. The van der Waals surface area contributed by atoms with Gasteiger partial charge in [0.25, 0.3) is 5.91 Å². The van der Waals surface area contributed by atoms with Gasteiger partial charge in [0.2, 0.25) is 0 Å². The Balaban J connectivity index is 1.67. The van der Waals surface area contributed by atoms with Gasteiger partial charge in [0.1, 0.15) is 0 Å². The summed E-state index contributed by atoms with van der Waals surface area (Å²) >= 11 is 11.2. The number of carbonyl (C=O) groups is 1. The molecule has 0 unspecified atom stereocenters. The molecule has 152 valence electrons. The van der Waals surface area contributed by atoms with Crippen molar-refractivity contribution in [2.24, 2.45) is 4.99 Å². The van der Waals surface area contributed by atoms with Gasteiger partial charge in [-0.3, -0.25) is 4.79 Å². The highest BCUT2D eigenvalue weighted by Crippen LogP contribution is 2.43. The number of hydrogen-bond donors (Lipinski definition) is 0. The van der Waals surface area contributed by atoms with E-state index in [2.05, 4.69) is 20.9 Å². The maximum absolute atomic E-state index is 12.7. The fraction of sp³-hybridized carbons (Fsp3) is 0.300. The quantitative estimate of drug-likeness (QED) is 0.614. The molecule has 0 spiro atoms. The van der Waals surface area contributed by atoms with Gasteiger partial charge in [-0.15, -0.1) is 0 Å². The number of aliphatic imine (C=N–C) groups is 1. The van der Waals surface area contributed by atoms with Gasteiger partial charge in [-0.1, -0.05) is 69.1 Å². The molecule has 5 nitrogen and oxygen atoms in total. The van der Waals surface area contributed by atoms with Crippen LogP contribution in [0.2, 0.25) is 5.02 Å². The van der Waals surface area contributed by atoms with Crippen molar-refractivity contribution in [3.05, 3.63) is 63.1 Å². The Morgan fingerprint density at radius 2 is 2.07 bits per heavy atom. The highest BCUT2D eigenvalue weighted by atomic mass is 79.9. The number of carbonyl (C=O) groups excluding carboxylic acids is 1. The molecule has 2 aliphatic rings. The van der Waals surface area contributed by atoms with E-state index in [1.807, 2.05) is 48.2 Å². The maximum Gasteiger partial charge on any atom is 0.252 e. The highest BCUT2D eigenvalue weighted by molar-refractivity contribution is 9.10. The van der Waals surface area contributed by atoms with E-state index in [4.69, 9.17) is 11.6 Å². The van der Waals surface area contributed by atoms with E-state index in [0.717, 1.165) is 15.6 Å². The second kappa shape index (κ2) is 8.06. The van der Waals surface area contributed by atoms with Crippen molar-refractivity contribution >= 4 is 65.9 Å². The maximum atomic E-state index is 12.7. The van der Waals surface area contributed by atoms with Crippen molar-refractivity contribution in [3.8, 4) is 0 Å². The molecule has 2 heterocycles. The Kier molecular flexibility index (Phi) is 5.81. The largest absolute Gasteiger partial charge is 0.314 e. The molecular weight excluding hydrogens is 496 g/mol. The van der Waals surface area contributed by atoms with E-state index in [1.165, 1.54) is 11.8 Å². The van der Waals surface area contributed by atoms with Crippen LogP contribution in [0.1, 0.15) is 11.1 Å². The number of sulfone groups is 1. The van der Waals surface area contributed by atoms with Crippen LogP contribution in [-0.2, 0) is 21.1 Å². The lowest BCUT2D eigenvalue weighted by Gasteiger charge is -2.25. The summed E-state index contributed by atoms with van der Waals surface area (Å²) in [4.78, 5) is 18.8. The Morgan fingerprint density at radius 3 is 2.79 bits per heavy atom. The van der Waals surface area contributed by atoms with E-state index in [1.54, 1.807) is 6.07 Å². The zero-order valence-corrected chi connectivity index (χ0v) is 19.5. The van der Waals surface area contributed by atoms with Crippen molar-refractivity contribution in [2.45, 2.75) is 24.6 Å². The van der Waals surface area contributed by atoms with Crippen molar-refractivity contribution < 1.29 is 13.2 Å². The molecule has 0 bridgehead atoms. The molecule has 2 fully saturated rings. The number of nitrogens with zero attached hydrogens (tertiary/aromatic N) is 2. The topological polar surface area (TPSA) is 66.8 Å². The number of aryl methyl sites for hydroxylation is 1. The van der Waals surface area contributed by atoms with Gasteiger partial charge in [-0.2, -0.15) is 4.99 Å². The molecule has 4 rings (SSSR count). The van der Waals surface area contributed by atoms with E-state index in [0.29, 0.717) is 15.9 Å². The van der Waals surface area contributed by atoms with E-state index in [9.17, 15) is 13.2 Å². The third-order valence-corrected chi connectivity index (χ3v) is 8.90. The number of benzene rings is 2. The number of hydrogen-bond acceptors (Lipinski definition) is 4. The van der Waals surface area contributed by atoms with Gasteiger partial charge in [-0.25, -0.2) is 8.42 Å². The molecule has 0 radical (unpaired) electrons. The lowest BCUT2D eigenvalue weighted by Crippen LogP contribution is -2.38. The molecule has 0 saturated carbocycles. The van der Waals surface area contributed by atoms with Crippen molar-refractivity contribution in [1.82, 2.24) is 0 Å². The minimum atomic E-state index is -3.13. The van der Waals surface area contributed by atoms with Gasteiger partial charge in [0.05, 0.1) is 34.7 Å². The normalized spacial score (nSPS) is 24.1. The molecule has 0 N–H and O–H groups in total. The average molecular weight is 514 g/mol. The van der Waals surface area contributed by atoms with Crippen LogP contribution in [0.25, 0.3) is 0 Å². The molecule has 2 saturated heterocycles. The summed E-state index contributed by atoms with van der Waals surface area (Å²) in [5.74, 6) is -0.153. The summed E-state index contributed by atoms with van der Waals surface area (Å²) in [6.07, 6.45) is 0.196. The zero-order valence-electron chi connectivity index (χ0n) is 15.5. The van der Waals surface area contributed by atoms with Crippen molar-refractivity contribution in [1.29, 1.82) is 0 Å². The third kappa shape index (κ3) is 4.55. The van der Waals surface area contributed by atoms with Crippen molar-refractivity contribution in [3.63, 3.8) is 0 Å². The van der Waals surface area contributed by atoms with Crippen LogP contribution in [0.3, 0.4) is 0 Å². The first-order valence-corrected chi connectivity index (χ1v) is 12.9. The number of amides is 1. The minimum Gasteiger partial charge on any atom is -0.314 e. The molecular formula is C20H18BrClN2O3S2. The Labute approximate surface area is 187 Å². The monoisotopic (exact) mass is 512 g/mol. The fourth-order valence-electron chi connectivity index (χ4n) is 3.67. The lowest BCUT2D eigenvalue weighted by atomic mass is 10.1. The summed E-state index contributed by atoms with van der Waals surface area (Å²) in [6.45, 7) is 1.98. The van der Waals surface area contributed by atoms with Crippen LogP contribution < -0.4 is 4.90 Å². The van der Waals surface area contributed by atoms with Crippen LogP contribution in [-0.4, -0.2) is 42.3 Å². The molecule has 0 aromatic heterocycles. The molecule has 29 heavy (non-hydrogen) atoms. The van der Waals surface area contributed by atoms with Gasteiger partial charge >= 0.3 is 0 Å². The average Bonchev–Trinajstić information content (AvgIpc) is 3.06. The standard InChI is InChI=1S/C20H18BrClN2O3S2/c1-12-3-2-4-13(7-12)8-19(25)23-20-24(16-6-5-14(21)9-15(16)22)17-10-29(26,27)11-18(17)28-20/h2-7,9,17-18H,8,10-11H2,1H3/t17-,18+/m1/s1. The van der Waals surface area contributed by atoms with Crippen LogP contribution in [0, 0.1) is 6.92 Å². The number of anilines is 1. The molecule has 9 heteroatoms. The van der Waals surface area contributed by atoms with Crippen LogP contribution in [0.4, 0.5) is 5.69 Å². The van der Waals surface area contributed by atoms with E-state index >= 15 is 0 Å². The summed E-state index contributed by atoms with van der Waals surface area (Å²) in [5, 5.41) is 0.825. The Morgan fingerprint density at radius 1 is 1.28 bits per heavy atom. The summed E-state index contributed by atoms with van der Waals surface area (Å²) < 4.78 is 25.2. The first-order chi connectivity index (χ1) is 13.7. The van der Waals surface area contributed by atoms with E-state index < -0.39 is 9.84 Å². The van der Waals surface area contributed by atoms with E-state index in [-0.39, 0.29) is 35.1 Å². The van der Waals surface area contributed by atoms with Crippen LogP contribution >= 0.6 is 39.3 Å². The molecule has 2 aliphatic heterocycles. The SMILES string of the molecule is Cc1cccc(CC(=O)N=C2S[C@H]3CS(=O)(=O)C[C@H]3N2c2ccc(Br)cc2Cl)c1. The molecule has 1 amide bonds. The molecule has 0 aliphatic carbocycles. The van der Waals surface area contributed by atoms with Crippen LogP contribution in [0.15, 0.2) is 51.9 Å². The molecule has 2 aromatic rings. The summed E-state index contributed by atoms with van der Waals surface area (Å²) in [7, 11) is -3.13. The Bertz CT molecular complexity index is 1120. The third-order valence-electron chi connectivity index (χ3n) is 4.89. The van der Waals surface area contributed by atoms with Gasteiger partial charge in [0, 0.05) is 9.72 Å². The number of halogens is 2. The lowest BCUT2D eigenvalue weighted by molar-refractivity contribution is -0.117. The second-order valence-corrected chi connectivity index (χ2v) is 11.9. The first-order valence-electron chi connectivity index (χ1n) is 9.00. The van der Waals surface area contributed by atoms with Crippen LogP contribution in [0.5, 0.6) is 0 Å².